The highest BCUT2D eigenvalue weighted by atomic mass is 32.2. The lowest BCUT2D eigenvalue weighted by molar-refractivity contribution is -0.119. The van der Waals surface area contributed by atoms with Crippen molar-refractivity contribution >= 4 is 17.7 Å². The predicted octanol–water partition coefficient (Wildman–Crippen LogP) is 0.926. The van der Waals surface area contributed by atoms with Crippen molar-refractivity contribution in [1.29, 1.82) is 0 Å². The summed E-state index contributed by atoms with van der Waals surface area (Å²) in [7, 11) is 0. The number of amides is 1. The summed E-state index contributed by atoms with van der Waals surface area (Å²) < 4.78 is 1.73. The highest BCUT2D eigenvalue weighted by molar-refractivity contribution is 7.99. The van der Waals surface area contributed by atoms with E-state index in [0.29, 0.717) is 23.4 Å². The lowest BCUT2D eigenvalue weighted by Crippen LogP contribution is -2.33. The molecule has 1 rings (SSSR count). The van der Waals surface area contributed by atoms with E-state index in [1.54, 1.807) is 4.68 Å². The average Bonchev–Trinajstić information content (AvgIpc) is 2.88. The third-order valence-electron chi connectivity index (χ3n) is 2.90. The third-order valence-corrected chi connectivity index (χ3v) is 3.86. The van der Waals surface area contributed by atoms with Gasteiger partial charge in [0.1, 0.15) is 0 Å². The first-order valence-corrected chi connectivity index (χ1v) is 8.40. The third kappa shape index (κ3) is 7.42. The maximum absolute atomic E-state index is 11.7. The molecule has 0 spiro atoms. The van der Waals surface area contributed by atoms with Gasteiger partial charge >= 0.3 is 0 Å². The Morgan fingerprint density at radius 2 is 2.14 bits per heavy atom. The van der Waals surface area contributed by atoms with Gasteiger partial charge in [-0.15, -0.1) is 5.10 Å². The van der Waals surface area contributed by atoms with E-state index in [0.717, 1.165) is 19.5 Å². The minimum absolute atomic E-state index is 0.0156. The van der Waals surface area contributed by atoms with Crippen LogP contribution >= 0.6 is 11.8 Å². The van der Waals surface area contributed by atoms with Crippen LogP contribution in [0.3, 0.4) is 0 Å². The van der Waals surface area contributed by atoms with E-state index in [1.165, 1.54) is 11.8 Å². The van der Waals surface area contributed by atoms with Crippen LogP contribution < -0.4 is 10.6 Å². The molecule has 8 heteroatoms. The van der Waals surface area contributed by atoms with E-state index < -0.39 is 0 Å². The predicted molar refractivity (Wildman–Crippen MR) is 84.1 cm³/mol. The van der Waals surface area contributed by atoms with Crippen molar-refractivity contribution in [3.8, 4) is 0 Å². The summed E-state index contributed by atoms with van der Waals surface area (Å²) >= 11 is 1.37. The lowest BCUT2D eigenvalue weighted by Gasteiger charge is -2.11. The van der Waals surface area contributed by atoms with Gasteiger partial charge in [0, 0.05) is 12.6 Å². The van der Waals surface area contributed by atoms with Gasteiger partial charge in [0.05, 0.1) is 12.3 Å². The molecule has 1 aromatic heterocycles. The molecule has 0 fully saturated rings. The fraction of sp³-hybridized carbons (Fsp3) is 0.846. The second kappa shape index (κ2) is 9.73. The minimum Gasteiger partial charge on any atom is -0.353 e. The van der Waals surface area contributed by atoms with Gasteiger partial charge in [-0.3, -0.25) is 4.79 Å². The van der Waals surface area contributed by atoms with Crippen LogP contribution in [0.4, 0.5) is 0 Å². The molecule has 2 N–H and O–H groups in total. The van der Waals surface area contributed by atoms with Crippen LogP contribution in [0, 0.1) is 5.92 Å². The number of thioether (sulfide) groups is 1. The molecule has 120 valence electrons. The molecule has 21 heavy (non-hydrogen) atoms. The first-order chi connectivity index (χ1) is 10.0. The SMILES string of the molecule is CCC(C)NC(=O)CSc1nnnn1CCNCC(C)C. The normalized spacial score (nSPS) is 12.6. The molecule has 0 aromatic carbocycles. The number of carbonyl (C=O) groups is 1. The summed E-state index contributed by atoms with van der Waals surface area (Å²) in [5, 5.41) is 18.5. The Labute approximate surface area is 130 Å². The van der Waals surface area contributed by atoms with Crippen molar-refractivity contribution in [3.63, 3.8) is 0 Å². The molecule has 0 saturated carbocycles. The zero-order valence-electron chi connectivity index (χ0n) is 13.3. The van der Waals surface area contributed by atoms with Crippen LogP contribution in [0.2, 0.25) is 0 Å². The first kappa shape index (κ1) is 17.9. The second-order valence-corrected chi connectivity index (χ2v) is 6.39. The Morgan fingerprint density at radius 1 is 1.38 bits per heavy atom. The quantitative estimate of drug-likeness (QED) is 0.493. The number of hydrogen-bond acceptors (Lipinski definition) is 6. The van der Waals surface area contributed by atoms with Crippen molar-refractivity contribution < 1.29 is 4.79 Å². The van der Waals surface area contributed by atoms with Gasteiger partial charge in [0.15, 0.2) is 0 Å². The second-order valence-electron chi connectivity index (χ2n) is 5.45. The molecule has 0 radical (unpaired) electrons. The fourth-order valence-electron chi connectivity index (χ4n) is 1.56. The van der Waals surface area contributed by atoms with Crippen molar-refractivity contribution in [3.05, 3.63) is 0 Å². The van der Waals surface area contributed by atoms with Crippen LogP contribution in [-0.4, -0.2) is 51.0 Å². The number of carbonyl (C=O) groups excluding carboxylic acids is 1. The van der Waals surface area contributed by atoms with Gasteiger partial charge in [-0.1, -0.05) is 32.5 Å². The monoisotopic (exact) mass is 314 g/mol. The largest absolute Gasteiger partial charge is 0.353 e. The Balaban J connectivity index is 2.32. The summed E-state index contributed by atoms with van der Waals surface area (Å²) in [6.45, 7) is 10.9. The highest BCUT2D eigenvalue weighted by Crippen LogP contribution is 2.12. The number of rotatable bonds is 10. The molecular weight excluding hydrogens is 288 g/mol. The minimum atomic E-state index is 0.0156. The van der Waals surface area contributed by atoms with Gasteiger partial charge in [-0.2, -0.15) is 0 Å². The molecule has 1 atom stereocenters. The van der Waals surface area contributed by atoms with Crippen molar-refractivity contribution in [2.75, 3.05) is 18.8 Å². The summed E-state index contributed by atoms with van der Waals surface area (Å²) in [6, 6.07) is 0.203. The van der Waals surface area contributed by atoms with Crippen molar-refractivity contribution in [2.45, 2.75) is 51.9 Å². The van der Waals surface area contributed by atoms with Gasteiger partial charge in [-0.05, 0) is 36.2 Å². The standard InChI is InChI=1S/C13H26N6OS/c1-5-11(4)15-12(20)9-21-13-16-17-18-19(13)7-6-14-8-10(2)3/h10-11,14H,5-9H2,1-4H3,(H,15,20). The van der Waals surface area contributed by atoms with Crippen LogP contribution in [0.5, 0.6) is 0 Å². The van der Waals surface area contributed by atoms with E-state index in [1.807, 2.05) is 13.8 Å². The number of nitrogens with one attached hydrogen (secondary N) is 2. The summed E-state index contributed by atoms with van der Waals surface area (Å²) in [6.07, 6.45) is 0.926. The maximum atomic E-state index is 11.7. The van der Waals surface area contributed by atoms with Crippen LogP contribution in [-0.2, 0) is 11.3 Å². The number of aromatic nitrogens is 4. The highest BCUT2D eigenvalue weighted by Gasteiger charge is 2.11. The van der Waals surface area contributed by atoms with Gasteiger partial charge in [-0.25, -0.2) is 4.68 Å². The van der Waals surface area contributed by atoms with E-state index in [-0.39, 0.29) is 11.9 Å². The molecule has 7 nitrogen and oxygen atoms in total. The van der Waals surface area contributed by atoms with E-state index in [2.05, 4.69) is 40.0 Å². The summed E-state index contributed by atoms with van der Waals surface area (Å²) in [5.41, 5.74) is 0. The zero-order valence-corrected chi connectivity index (χ0v) is 14.1. The van der Waals surface area contributed by atoms with Gasteiger partial charge in [0.25, 0.3) is 0 Å². The van der Waals surface area contributed by atoms with Gasteiger partial charge < -0.3 is 10.6 Å². The van der Waals surface area contributed by atoms with Crippen molar-refractivity contribution in [2.24, 2.45) is 5.92 Å². The Morgan fingerprint density at radius 3 is 2.81 bits per heavy atom. The maximum Gasteiger partial charge on any atom is 0.230 e. The summed E-state index contributed by atoms with van der Waals surface area (Å²) in [5.74, 6) is 0.975. The average molecular weight is 314 g/mol. The molecule has 0 aliphatic rings. The topological polar surface area (TPSA) is 84.7 Å². The molecule has 1 amide bonds. The number of nitrogens with zero attached hydrogens (tertiary/aromatic N) is 4. The number of tetrazole rings is 1. The van der Waals surface area contributed by atoms with Gasteiger partial charge in [0.2, 0.25) is 11.1 Å². The van der Waals surface area contributed by atoms with Crippen LogP contribution in [0.1, 0.15) is 34.1 Å². The molecule has 0 aliphatic carbocycles. The molecule has 0 saturated heterocycles. The zero-order chi connectivity index (χ0) is 15.7. The first-order valence-electron chi connectivity index (χ1n) is 7.42. The molecule has 1 unspecified atom stereocenters. The van der Waals surface area contributed by atoms with Crippen molar-refractivity contribution in [1.82, 2.24) is 30.8 Å². The van der Waals surface area contributed by atoms with E-state index in [4.69, 9.17) is 0 Å². The molecule has 0 aliphatic heterocycles. The van der Waals surface area contributed by atoms with E-state index in [9.17, 15) is 4.79 Å². The Hall–Kier alpha value is -1.15. The van der Waals surface area contributed by atoms with Crippen LogP contribution in [0.25, 0.3) is 0 Å². The summed E-state index contributed by atoms with van der Waals surface area (Å²) in [4.78, 5) is 11.7. The molecule has 0 bridgehead atoms. The Kier molecular flexibility index (Phi) is 8.29. The molecule has 1 heterocycles. The molecule has 1 aromatic rings. The smallest absolute Gasteiger partial charge is 0.230 e. The Bertz CT molecular complexity index is 423. The van der Waals surface area contributed by atoms with E-state index >= 15 is 0 Å². The lowest BCUT2D eigenvalue weighted by atomic mass is 10.2. The number of hydrogen-bond donors (Lipinski definition) is 2. The fourth-order valence-corrected chi connectivity index (χ4v) is 2.28. The van der Waals surface area contributed by atoms with Crippen LogP contribution in [0.15, 0.2) is 5.16 Å². The molecular formula is C13H26N6OS.